The molecule has 224 valence electrons. The number of aromatic nitrogens is 6. The van der Waals surface area contributed by atoms with Crippen LogP contribution >= 0.6 is 0 Å². The maximum Gasteiger partial charge on any atom is 0.253 e. The molecule has 2 aliphatic rings. The molecule has 1 unspecified atom stereocenters. The molecule has 0 radical (unpaired) electrons. The fourth-order valence-electron chi connectivity index (χ4n) is 6.72. The van der Waals surface area contributed by atoms with Gasteiger partial charge in [-0.2, -0.15) is 5.10 Å². The van der Waals surface area contributed by atoms with E-state index in [1.54, 1.807) is 17.1 Å². The number of carbonyl (C=O) groups excluding carboxylic acids is 1. The number of imidazole rings is 1. The van der Waals surface area contributed by atoms with Gasteiger partial charge in [0.2, 0.25) is 0 Å². The number of amides is 1. The van der Waals surface area contributed by atoms with Crippen LogP contribution < -0.4 is 11.1 Å². The number of nitrogens with two attached hydrogens (primary N) is 1. The van der Waals surface area contributed by atoms with E-state index in [1.807, 2.05) is 71.8 Å². The summed E-state index contributed by atoms with van der Waals surface area (Å²) in [5, 5.41) is 8.29. The van der Waals surface area contributed by atoms with E-state index in [4.69, 9.17) is 15.7 Å². The van der Waals surface area contributed by atoms with Crippen molar-refractivity contribution in [3.05, 3.63) is 114 Å². The molecule has 4 aromatic heterocycles. The van der Waals surface area contributed by atoms with Crippen LogP contribution in [0.25, 0.3) is 34.1 Å². The van der Waals surface area contributed by atoms with Crippen molar-refractivity contribution in [3.63, 3.8) is 0 Å². The van der Waals surface area contributed by atoms with E-state index in [0.717, 1.165) is 66.8 Å². The number of carbonyl (C=O) groups is 1. The maximum atomic E-state index is 12.9. The van der Waals surface area contributed by atoms with Gasteiger partial charge in [-0.25, -0.2) is 19.6 Å². The second-order valence-electron chi connectivity index (χ2n) is 11.7. The molecule has 1 atom stereocenters. The third-order valence-electron chi connectivity index (χ3n) is 9.01. The van der Waals surface area contributed by atoms with E-state index in [1.165, 1.54) is 11.1 Å². The van der Waals surface area contributed by atoms with E-state index in [0.29, 0.717) is 23.5 Å². The Morgan fingerprint density at radius 2 is 1.76 bits per heavy atom. The summed E-state index contributed by atoms with van der Waals surface area (Å²) in [6.07, 6.45) is 9.22. The van der Waals surface area contributed by atoms with Gasteiger partial charge in [-0.15, -0.1) is 0 Å². The minimum absolute atomic E-state index is 0.124. The zero-order valence-corrected chi connectivity index (χ0v) is 24.8. The number of hydrogen-bond acceptors (Lipinski definition) is 7. The van der Waals surface area contributed by atoms with Crippen LogP contribution in [0.3, 0.4) is 0 Å². The van der Waals surface area contributed by atoms with Crippen LogP contribution in [-0.2, 0) is 6.42 Å². The summed E-state index contributed by atoms with van der Waals surface area (Å²) in [4.78, 5) is 29.2. The van der Waals surface area contributed by atoms with Crippen LogP contribution in [0.15, 0.2) is 97.5 Å². The highest BCUT2D eigenvalue weighted by Gasteiger charge is 2.29. The molecule has 1 amide bonds. The number of nitrogen functional groups attached to an aromatic ring is 1. The molecule has 0 bridgehead atoms. The number of hydrogen-bond donors (Lipinski definition) is 2. The van der Waals surface area contributed by atoms with Gasteiger partial charge in [-0.3, -0.25) is 9.36 Å². The number of fused-ring (bicyclic) bond motifs is 2. The number of rotatable bonds is 6. The summed E-state index contributed by atoms with van der Waals surface area (Å²) in [6.45, 7) is 1.54. The molecule has 1 aliphatic heterocycles. The van der Waals surface area contributed by atoms with Crippen LogP contribution in [0, 0.1) is 0 Å². The number of nitrogens with zero attached hydrogens (tertiary/aromatic N) is 7. The Labute approximate surface area is 260 Å². The summed E-state index contributed by atoms with van der Waals surface area (Å²) in [7, 11) is 0. The Morgan fingerprint density at radius 3 is 2.56 bits per heavy atom. The number of piperidine rings is 1. The monoisotopic (exact) mass is 595 g/mol. The van der Waals surface area contributed by atoms with Crippen molar-refractivity contribution in [1.29, 1.82) is 0 Å². The highest BCUT2D eigenvalue weighted by Crippen LogP contribution is 2.36. The quantitative estimate of drug-likeness (QED) is 0.274. The standard InChI is InChI=1S/C35H33N9O/c36-32-28(8-4-17-37-32)33-40-30-13-14-31(43-19-5-18-38-43)41-34(30)44(33)26-10-11-27-24(22-26)9-12-29(27)39-25-15-20-42(21-16-25)35(45)23-6-2-1-3-7-23/h1-8,10-11,13-14,17-19,22,25,29,39H,9,12,15-16,20-21H2,(H2,36,37). The second-order valence-corrected chi connectivity index (χ2v) is 11.7. The van der Waals surface area contributed by atoms with Crippen molar-refractivity contribution in [2.45, 2.75) is 37.8 Å². The minimum atomic E-state index is 0.124. The van der Waals surface area contributed by atoms with Gasteiger partial charge in [-0.05, 0) is 91.4 Å². The summed E-state index contributed by atoms with van der Waals surface area (Å²) in [6, 6.07) is 26.5. The SMILES string of the molecule is Nc1ncccc1-c1nc2ccc(-n3cccn3)nc2n1-c1ccc2c(c1)CCC2NC1CCN(C(=O)c2ccccc2)CC1. The van der Waals surface area contributed by atoms with E-state index in [2.05, 4.69) is 38.2 Å². The normalized spacial score (nSPS) is 16.7. The number of aryl methyl sites for hydroxylation is 1. The van der Waals surface area contributed by atoms with Gasteiger partial charge in [0.25, 0.3) is 5.91 Å². The van der Waals surface area contributed by atoms with E-state index in [9.17, 15) is 4.79 Å². The summed E-state index contributed by atoms with van der Waals surface area (Å²) < 4.78 is 3.83. The lowest BCUT2D eigenvalue weighted by Gasteiger charge is -2.34. The largest absolute Gasteiger partial charge is 0.383 e. The Morgan fingerprint density at radius 1 is 0.889 bits per heavy atom. The first-order chi connectivity index (χ1) is 22.1. The van der Waals surface area contributed by atoms with E-state index >= 15 is 0 Å². The molecule has 45 heavy (non-hydrogen) atoms. The molecule has 5 heterocycles. The molecule has 3 N–H and O–H groups in total. The number of pyridine rings is 2. The zero-order chi connectivity index (χ0) is 30.3. The molecule has 2 aromatic carbocycles. The van der Waals surface area contributed by atoms with Crippen LogP contribution in [-0.4, -0.2) is 59.2 Å². The molecule has 10 nitrogen and oxygen atoms in total. The third kappa shape index (κ3) is 5.02. The summed E-state index contributed by atoms with van der Waals surface area (Å²) >= 11 is 0. The summed E-state index contributed by atoms with van der Waals surface area (Å²) in [5.41, 5.74) is 13.0. The topological polar surface area (TPSA) is 120 Å². The molecule has 1 saturated heterocycles. The highest BCUT2D eigenvalue weighted by molar-refractivity contribution is 5.94. The molecule has 6 aromatic rings. The molecule has 0 spiro atoms. The Kier molecular flexibility index (Phi) is 6.83. The van der Waals surface area contributed by atoms with Crippen LogP contribution in [0.2, 0.25) is 0 Å². The van der Waals surface area contributed by atoms with Gasteiger partial charge >= 0.3 is 0 Å². The fraction of sp³-hybridized carbons (Fsp3) is 0.229. The van der Waals surface area contributed by atoms with Gasteiger partial charge in [0.15, 0.2) is 17.3 Å². The van der Waals surface area contributed by atoms with E-state index < -0.39 is 0 Å². The predicted molar refractivity (Wildman–Crippen MR) is 173 cm³/mol. The number of anilines is 1. The van der Waals surface area contributed by atoms with Crippen molar-refractivity contribution < 1.29 is 4.79 Å². The third-order valence-corrected chi connectivity index (χ3v) is 9.01. The fourth-order valence-corrected chi connectivity index (χ4v) is 6.72. The first kappa shape index (κ1) is 27.2. The molecular weight excluding hydrogens is 562 g/mol. The van der Waals surface area contributed by atoms with Gasteiger partial charge in [0.1, 0.15) is 11.3 Å². The number of nitrogens with one attached hydrogen (secondary N) is 1. The predicted octanol–water partition coefficient (Wildman–Crippen LogP) is 5.13. The number of likely N-dealkylation sites (tertiary alicyclic amines) is 1. The summed E-state index contributed by atoms with van der Waals surface area (Å²) in [5.74, 6) is 1.95. The molecule has 0 saturated carbocycles. The lowest BCUT2D eigenvalue weighted by Crippen LogP contribution is -2.45. The van der Waals surface area contributed by atoms with Crippen molar-refractivity contribution in [1.82, 2.24) is 39.5 Å². The lowest BCUT2D eigenvalue weighted by molar-refractivity contribution is 0.0701. The first-order valence-electron chi connectivity index (χ1n) is 15.5. The van der Waals surface area contributed by atoms with Gasteiger partial charge in [0.05, 0.1) is 5.56 Å². The first-order valence-corrected chi connectivity index (χ1v) is 15.5. The number of benzene rings is 2. The van der Waals surface area contributed by atoms with Crippen molar-refractivity contribution in [2.24, 2.45) is 0 Å². The van der Waals surface area contributed by atoms with Crippen molar-refractivity contribution in [3.8, 4) is 22.9 Å². The van der Waals surface area contributed by atoms with Crippen LogP contribution in [0.1, 0.15) is 46.8 Å². The zero-order valence-electron chi connectivity index (χ0n) is 24.8. The highest BCUT2D eigenvalue weighted by atomic mass is 16.2. The van der Waals surface area contributed by atoms with E-state index in [-0.39, 0.29) is 11.9 Å². The molecule has 10 heteroatoms. The van der Waals surface area contributed by atoms with Crippen LogP contribution in [0.5, 0.6) is 0 Å². The Bertz CT molecular complexity index is 1990. The van der Waals surface area contributed by atoms with Crippen molar-refractivity contribution >= 4 is 22.9 Å². The average molecular weight is 596 g/mol. The average Bonchev–Trinajstić information content (AvgIpc) is 3.84. The Hall–Kier alpha value is -5.35. The Balaban J connectivity index is 1.07. The molecular formula is C35H33N9O. The molecule has 1 aliphatic carbocycles. The lowest BCUT2D eigenvalue weighted by atomic mass is 10.0. The van der Waals surface area contributed by atoms with Crippen molar-refractivity contribution in [2.75, 3.05) is 18.8 Å². The van der Waals surface area contributed by atoms with Gasteiger partial charge in [-0.1, -0.05) is 24.3 Å². The smallest absolute Gasteiger partial charge is 0.253 e. The molecule has 8 rings (SSSR count). The second kappa shape index (κ2) is 11.3. The van der Waals surface area contributed by atoms with Crippen LogP contribution in [0.4, 0.5) is 5.82 Å². The van der Waals surface area contributed by atoms with Gasteiger partial charge in [0, 0.05) is 55.0 Å². The molecule has 1 fully saturated rings. The minimum Gasteiger partial charge on any atom is -0.383 e. The van der Waals surface area contributed by atoms with Gasteiger partial charge < -0.3 is 16.0 Å². The maximum absolute atomic E-state index is 12.9.